The molecule has 0 atom stereocenters. The van der Waals surface area contributed by atoms with Gasteiger partial charge in [0.05, 0.1) is 23.1 Å². The van der Waals surface area contributed by atoms with Gasteiger partial charge in [0, 0.05) is 6.54 Å². The Morgan fingerprint density at radius 3 is 2.30 bits per heavy atom. The molecule has 7 heteroatoms. The van der Waals surface area contributed by atoms with Crippen LogP contribution in [-0.4, -0.2) is 34.5 Å². The van der Waals surface area contributed by atoms with Gasteiger partial charge >= 0.3 is 5.97 Å². The minimum absolute atomic E-state index is 0.0285. The first kappa shape index (κ1) is 24.3. The van der Waals surface area contributed by atoms with Crippen LogP contribution >= 0.6 is 0 Å². The molecule has 1 fully saturated rings. The standard InChI is InChI=1S/C26H32N2O5/c1-4-7-8-18-9-11-19(12-10-18)16-27-23(29)21-15-20(24(30)31)13-14-22(21)33-28-17-26(5-2,6-3)25(28)32/h9-15H,4-8,16-17H2,1-3H3,(H,27,29)(H,30,31). The summed E-state index contributed by atoms with van der Waals surface area (Å²) < 4.78 is 0. The topological polar surface area (TPSA) is 95.9 Å². The number of hydrogen-bond donors (Lipinski definition) is 2. The van der Waals surface area contributed by atoms with Gasteiger partial charge in [0.2, 0.25) is 0 Å². The molecular formula is C26H32N2O5. The monoisotopic (exact) mass is 452 g/mol. The van der Waals surface area contributed by atoms with E-state index < -0.39 is 17.3 Å². The highest BCUT2D eigenvalue weighted by Gasteiger charge is 2.51. The molecule has 2 N–H and O–H groups in total. The number of amides is 2. The van der Waals surface area contributed by atoms with E-state index >= 15 is 0 Å². The summed E-state index contributed by atoms with van der Waals surface area (Å²) in [5.74, 6) is -1.58. The van der Waals surface area contributed by atoms with Crippen molar-refractivity contribution in [1.29, 1.82) is 0 Å². The fraction of sp³-hybridized carbons (Fsp3) is 0.423. The summed E-state index contributed by atoms with van der Waals surface area (Å²) in [7, 11) is 0. The van der Waals surface area contributed by atoms with Crippen LogP contribution in [0.15, 0.2) is 42.5 Å². The third kappa shape index (κ3) is 5.35. The summed E-state index contributed by atoms with van der Waals surface area (Å²) in [5, 5.41) is 13.4. The second-order valence-corrected chi connectivity index (χ2v) is 8.54. The molecule has 1 aliphatic heterocycles. The van der Waals surface area contributed by atoms with Gasteiger partial charge in [-0.25, -0.2) is 4.79 Å². The average Bonchev–Trinajstić information content (AvgIpc) is 2.83. The van der Waals surface area contributed by atoms with E-state index in [9.17, 15) is 19.5 Å². The Hall–Kier alpha value is -3.35. The number of hydroxylamine groups is 2. The molecular weight excluding hydrogens is 420 g/mol. The molecule has 0 spiro atoms. The molecule has 2 aromatic carbocycles. The zero-order valence-corrected chi connectivity index (χ0v) is 19.5. The van der Waals surface area contributed by atoms with Gasteiger partial charge in [0.25, 0.3) is 11.8 Å². The highest BCUT2D eigenvalue weighted by atomic mass is 16.7. The SMILES string of the molecule is CCCCc1ccc(CNC(=O)c2cc(C(=O)O)ccc2ON2CC(CC)(CC)C2=O)cc1. The molecule has 1 saturated heterocycles. The predicted molar refractivity (Wildman–Crippen MR) is 125 cm³/mol. The zero-order chi connectivity index (χ0) is 24.0. The van der Waals surface area contributed by atoms with Crippen LogP contribution in [-0.2, 0) is 17.8 Å². The molecule has 33 heavy (non-hydrogen) atoms. The lowest BCUT2D eigenvalue weighted by atomic mass is 9.75. The lowest BCUT2D eigenvalue weighted by molar-refractivity contribution is -0.205. The third-order valence-electron chi connectivity index (χ3n) is 6.45. The van der Waals surface area contributed by atoms with E-state index in [1.165, 1.54) is 28.8 Å². The Morgan fingerprint density at radius 2 is 1.73 bits per heavy atom. The molecule has 0 radical (unpaired) electrons. The van der Waals surface area contributed by atoms with E-state index in [0.29, 0.717) is 25.9 Å². The van der Waals surface area contributed by atoms with E-state index in [1.54, 1.807) is 0 Å². The minimum atomic E-state index is -1.14. The molecule has 176 valence electrons. The number of nitrogens with one attached hydrogen (secondary N) is 1. The number of hydrogen-bond acceptors (Lipinski definition) is 4. The first-order valence-electron chi connectivity index (χ1n) is 11.6. The van der Waals surface area contributed by atoms with E-state index in [1.807, 2.05) is 26.0 Å². The number of carbonyl (C=O) groups is 3. The number of benzene rings is 2. The van der Waals surface area contributed by atoms with Crippen molar-refractivity contribution in [3.8, 4) is 5.75 Å². The number of β-lactam (4-membered cyclic amide) rings is 1. The molecule has 0 saturated carbocycles. The number of unbranched alkanes of at least 4 members (excludes halogenated alkanes) is 1. The van der Waals surface area contributed by atoms with Crippen LogP contribution in [0.25, 0.3) is 0 Å². The predicted octanol–water partition coefficient (Wildman–Crippen LogP) is 4.60. The summed E-state index contributed by atoms with van der Waals surface area (Å²) in [5.41, 5.74) is 1.82. The van der Waals surface area contributed by atoms with Crippen LogP contribution in [0.4, 0.5) is 0 Å². The van der Waals surface area contributed by atoms with Gasteiger partial charge in [-0.05, 0) is 55.0 Å². The van der Waals surface area contributed by atoms with Crippen LogP contribution in [0.5, 0.6) is 5.75 Å². The highest BCUT2D eigenvalue weighted by Crippen LogP contribution is 2.39. The van der Waals surface area contributed by atoms with Gasteiger partial charge < -0.3 is 15.3 Å². The molecule has 0 unspecified atom stereocenters. The van der Waals surface area contributed by atoms with Gasteiger partial charge in [-0.1, -0.05) is 51.5 Å². The summed E-state index contributed by atoms with van der Waals surface area (Å²) in [6, 6.07) is 12.1. The van der Waals surface area contributed by atoms with Gasteiger partial charge in [-0.15, -0.1) is 0 Å². The second-order valence-electron chi connectivity index (χ2n) is 8.54. The lowest BCUT2D eigenvalue weighted by Crippen LogP contribution is -2.62. The van der Waals surface area contributed by atoms with Crippen LogP contribution < -0.4 is 10.2 Å². The molecule has 1 aliphatic rings. The fourth-order valence-electron chi connectivity index (χ4n) is 3.96. The van der Waals surface area contributed by atoms with Crippen molar-refractivity contribution in [3.05, 3.63) is 64.7 Å². The number of rotatable bonds is 11. The van der Waals surface area contributed by atoms with Gasteiger partial charge in [-0.3, -0.25) is 9.59 Å². The lowest BCUT2D eigenvalue weighted by Gasteiger charge is -2.46. The van der Waals surface area contributed by atoms with Crippen molar-refractivity contribution in [2.45, 2.75) is 59.4 Å². The maximum Gasteiger partial charge on any atom is 0.335 e. The smallest absolute Gasteiger partial charge is 0.335 e. The highest BCUT2D eigenvalue weighted by molar-refractivity contribution is 6.00. The van der Waals surface area contributed by atoms with Crippen LogP contribution in [0.3, 0.4) is 0 Å². The second kappa shape index (κ2) is 10.5. The van der Waals surface area contributed by atoms with Crippen molar-refractivity contribution < 1.29 is 24.3 Å². The molecule has 3 rings (SSSR count). The zero-order valence-electron chi connectivity index (χ0n) is 19.5. The Balaban J connectivity index is 1.72. The molecule has 0 aliphatic carbocycles. The van der Waals surface area contributed by atoms with Gasteiger partial charge in [0.15, 0.2) is 5.75 Å². The number of carboxylic acid groups (broad SMARTS) is 1. The number of aromatic carboxylic acids is 1. The summed E-state index contributed by atoms with van der Waals surface area (Å²) in [6.07, 6.45) is 4.72. The van der Waals surface area contributed by atoms with Crippen molar-refractivity contribution in [1.82, 2.24) is 10.4 Å². The average molecular weight is 453 g/mol. The van der Waals surface area contributed by atoms with Gasteiger partial charge in [0.1, 0.15) is 0 Å². The quantitative estimate of drug-likeness (QED) is 0.486. The normalized spacial score (nSPS) is 14.5. The third-order valence-corrected chi connectivity index (χ3v) is 6.45. The summed E-state index contributed by atoms with van der Waals surface area (Å²) >= 11 is 0. The van der Waals surface area contributed by atoms with Crippen molar-refractivity contribution in [2.75, 3.05) is 6.54 Å². The first-order chi connectivity index (χ1) is 15.8. The molecule has 1 heterocycles. The molecule has 2 aromatic rings. The van der Waals surface area contributed by atoms with Crippen molar-refractivity contribution >= 4 is 17.8 Å². The largest absolute Gasteiger partial charge is 0.478 e. The Morgan fingerprint density at radius 1 is 1.06 bits per heavy atom. The Labute approximate surface area is 194 Å². The molecule has 0 aromatic heterocycles. The van der Waals surface area contributed by atoms with Crippen molar-refractivity contribution in [3.63, 3.8) is 0 Å². The van der Waals surface area contributed by atoms with E-state index in [-0.39, 0.29) is 22.8 Å². The fourth-order valence-corrected chi connectivity index (χ4v) is 3.96. The molecule has 2 amide bonds. The summed E-state index contributed by atoms with van der Waals surface area (Å²) in [4.78, 5) is 42.7. The molecule has 7 nitrogen and oxygen atoms in total. The van der Waals surface area contributed by atoms with Crippen LogP contribution in [0.1, 0.15) is 78.3 Å². The number of carboxylic acids is 1. The maximum absolute atomic E-state index is 12.9. The van der Waals surface area contributed by atoms with Crippen LogP contribution in [0, 0.1) is 5.41 Å². The Kier molecular flexibility index (Phi) is 7.74. The number of nitrogens with zero attached hydrogens (tertiary/aromatic N) is 1. The Bertz CT molecular complexity index is 1010. The van der Waals surface area contributed by atoms with Crippen molar-refractivity contribution in [2.24, 2.45) is 5.41 Å². The molecule has 0 bridgehead atoms. The summed E-state index contributed by atoms with van der Waals surface area (Å²) in [6.45, 7) is 6.82. The first-order valence-corrected chi connectivity index (χ1v) is 11.6. The van der Waals surface area contributed by atoms with E-state index in [0.717, 1.165) is 24.8 Å². The number of carbonyl (C=O) groups excluding carboxylic acids is 2. The maximum atomic E-state index is 12.9. The van der Waals surface area contributed by atoms with E-state index in [4.69, 9.17) is 4.84 Å². The van der Waals surface area contributed by atoms with E-state index in [2.05, 4.69) is 24.4 Å². The van der Waals surface area contributed by atoms with Crippen LogP contribution in [0.2, 0.25) is 0 Å². The van der Waals surface area contributed by atoms with Gasteiger partial charge in [-0.2, -0.15) is 5.06 Å². The number of aryl methyl sites for hydroxylation is 1. The minimum Gasteiger partial charge on any atom is -0.478 e.